The molecule has 2 aliphatic carbocycles. The van der Waals surface area contributed by atoms with Crippen LogP contribution in [0.25, 0.3) is 0 Å². The van der Waals surface area contributed by atoms with Crippen LogP contribution in [0.3, 0.4) is 0 Å². The van der Waals surface area contributed by atoms with Gasteiger partial charge in [0.25, 0.3) is 0 Å². The second kappa shape index (κ2) is 1.85. The topological polar surface area (TPSA) is 63.3 Å². The molecule has 0 aromatic heterocycles. The number of allylic oxidation sites excluding steroid dienone is 1. The first-order valence-electron chi connectivity index (χ1n) is 3.83. The number of nitrogens with two attached hydrogens (primary N) is 1. The number of fused-ring (bicyclic) bond motifs is 2. The number of aliphatic carboxylic acids is 1. The summed E-state index contributed by atoms with van der Waals surface area (Å²) in [6.07, 6.45) is 5.58. The van der Waals surface area contributed by atoms with Crippen molar-refractivity contribution in [2.45, 2.75) is 18.4 Å². The monoisotopic (exact) mass is 153 g/mol. The summed E-state index contributed by atoms with van der Waals surface area (Å²) >= 11 is 0. The Bertz CT molecular complexity index is 236. The Labute approximate surface area is 64.9 Å². The van der Waals surface area contributed by atoms with E-state index in [1.54, 1.807) is 0 Å². The van der Waals surface area contributed by atoms with Gasteiger partial charge in [-0.25, -0.2) is 0 Å². The van der Waals surface area contributed by atoms with Crippen molar-refractivity contribution in [3.63, 3.8) is 0 Å². The Balaban J connectivity index is 2.30. The smallest absolute Gasteiger partial charge is 0.324 e. The van der Waals surface area contributed by atoms with Crippen molar-refractivity contribution < 1.29 is 9.90 Å². The lowest BCUT2D eigenvalue weighted by Crippen LogP contribution is -2.51. The van der Waals surface area contributed by atoms with Crippen molar-refractivity contribution in [1.82, 2.24) is 0 Å². The minimum atomic E-state index is -0.959. The first-order valence-corrected chi connectivity index (χ1v) is 3.83. The molecule has 0 aromatic rings. The molecule has 11 heavy (non-hydrogen) atoms. The molecule has 0 heterocycles. The molecule has 0 amide bonds. The zero-order chi connectivity index (χ0) is 8.06. The molecule has 3 heteroatoms. The van der Waals surface area contributed by atoms with Crippen molar-refractivity contribution in [2.75, 3.05) is 0 Å². The van der Waals surface area contributed by atoms with E-state index in [1.807, 2.05) is 6.08 Å². The second-order valence-electron chi connectivity index (χ2n) is 3.54. The zero-order valence-corrected chi connectivity index (χ0v) is 6.16. The van der Waals surface area contributed by atoms with Crippen molar-refractivity contribution in [3.05, 3.63) is 12.2 Å². The molecule has 2 rings (SSSR count). The van der Waals surface area contributed by atoms with Gasteiger partial charge in [0, 0.05) is 5.92 Å². The highest BCUT2D eigenvalue weighted by atomic mass is 16.4. The number of carboxylic acids is 1. The quantitative estimate of drug-likeness (QED) is 0.535. The minimum absolute atomic E-state index is 0.0741. The number of carboxylic acid groups (broad SMARTS) is 1. The van der Waals surface area contributed by atoms with Crippen LogP contribution < -0.4 is 5.73 Å². The molecule has 1 saturated carbocycles. The molecule has 3 N–H and O–H groups in total. The lowest BCUT2D eigenvalue weighted by Gasteiger charge is -2.25. The van der Waals surface area contributed by atoms with Gasteiger partial charge < -0.3 is 10.8 Å². The van der Waals surface area contributed by atoms with Crippen LogP contribution >= 0.6 is 0 Å². The molecule has 0 aliphatic heterocycles. The molecule has 0 radical (unpaired) electrons. The zero-order valence-electron chi connectivity index (χ0n) is 6.16. The number of hydrogen-bond acceptors (Lipinski definition) is 2. The van der Waals surface area contributed by atoms with Crippen LogP contribution in [0.1, 0.15) is 12.8 Å². The van der Waals surface area contributed by atoms with E-state index in [9.17, 15) is 4.79 Å². The summed E-state index contributed by atoms with van der Waals surface area (Å²) in [6.45, 7) is 0. The fourth-order valence-electron chi connectivity index (χ4n) is 2.14. The highest BCUT2D eigenvalue weighted by Crippen LogP contribution is 2.44. The summed E-state index contributed by atoms with van der Waals surface area (Å²) < 4.78 is 0. The van der Waals surface area contributed by atoms with E-state index in [4.69, 9.17) is 10.8 Å². The van der Waals surface area contributed by atoms with E-state index in [1.165, 1.54) is 0 Å². The van der Waals surface area contributed by atoms with Crippen LogP contribution in [-0.2, 0) is 4.79 Å². The number of carbonyl (C=O) groups is 1. The third-order valence-electron chi connectivity index (χ3n) is 2.83. The fraction of sp³-hybridized carbons (Fsp3) is 0.625. The summed E-state index contributed by atoms with van der Waals surface area (Å²) in [7, 11) is 0. The van der Waals surface area contributed by atoms with Crippen LogP contribution in [0.5, 0.6) is 0 Å². The molecule has 0 aromatic carbocycles. The van der Waals surface area contributed by atoms with E-state index in [-0.39, 0.29) is 5.92 Å². The van der Waals surface area contributed by atoms with Crippen LogP contribution in [-0.4, -0.2) is 16.6 Å². The van der Waals surface area contributed by atoms with E-state index in [2.05, 4.69) is 6.08 Å². The second-order valence-corrected chi connectivity index (χ2v) is 3.54. The molecule has 2 bridgehead atoms. The van der Waals surface area contributed by atoms with Gasteiger partial charge in [0.15, 0.2) is 0 Å². The van der Waals surface area contributed by atoms with Crippen molar-refractivity contribution >= 4 is 5.97 Å². The largest absolute Gasteiger partial charge is 0.480 e. The Hall–Kier alpha value is -0.830. The molecular formula is C8H11NO2. The van der Waals surface area contributed by atoms with E-state index < -0.39 is 11.5 Å². The summed E-state index contributed by atoms with van der Waals surface area (Å²) in [4.78, 5) is 10.8. The average Bonchev–Trinajstić information content (AvgIpc) is 2.45. The predicted molar refractivity (Wildman–Crippen MR) is 39.9 cm³/mol. The van der Waals surface area contributed by atoms with Gasteiger partial charge in [0.05, 0.1) is 0 Å². The van der Waals surface area contributed by atoms with Gasteiger partial charge in [-0.15, -0.1) is 0 Å². The van der Waals surface area contributed by atoms with Crippen LogP contribution in [0.2, 0.25) is 0 Å². The van der Waals surface area contributed by atoms with E-state index in [0.29, 0.717) is 12.3 Å². The molecule has 0 saturated heterocycles. The number of rotatable bonds is 1. The third-order valence-corrected chi connectivity index (χ3v) is 2.83. The molecule has 3 atom stereocenters. The maximum Gasteiger partial charge on any atom is 0.324 e. The molecule has 60 valence electrons. The van der Waals surface area contributed by atoms with Gasteiger partial charge in [0.1, 0.15) is 5.54 Å². The first-order chi connectivity index (χ1) is 5.13. The van der Waals surface area contributed by atoms with Gasteiger partial charge >= 0.3 is 5.97 Å². The predicted octanol–water partition coefficient (Wildman–Crippen LogP) is 0.364. The van der Waals surface area contributed by atoms with Gasteiger partial charge in [-0.3, -0.25) is 4.79 Å². The van der Waals surface area contributed by atoms with Crippen molar-refractivity contribution in [2.24, 2.45) is 17.6 Å². The standard InChI is InChI=1S/C8H11NO2/c9-8(7(10)11)4-5-1-2-6(8)3-5/h1-2,5-6H,3-4,9H2,(H,10,11)/t5-,6+,8?/m0/s1. The van der Waals surface area contributed by atoms with Gasteiger partial charge in [0.2, 0.25) is 0 Å². The normalized spacial score (nSPS) is 46.6. The summed E-state index contributed by atoms with van der Waals surface area (Å²) in [5, 5.41) is 8.84. The highest BCUT2D eigenvalue weighted by Gasteiger charge is 2.50. The van der Waals surface area contributed by atoms with Gasteiger partial charge in [-0.2, -0.15) is 0 Å². The SMILES string of the molecule is NC1(C(=O)O)C[C@H]2C=C[C@@H]1C2. The van der Waals surface area contributed by atoms with Crippen LogP contribution in [0.15, 0.2) is 12.2 Å². The maximum atomic E-state index is 10.8. The van der Waals surface area contributed by atoms with Crippen molar-refractivity contribution in [3.8, 4) is 0 Å². The van der Waals surface area contributed by atoms with Crippen LogP contribution in [0, 0.1) is 11.8 Å². The van der Waals surface area contributed by atoms with Gasteiger partial charge in [-0.05, 0) is 18.8 Å². The Morgan fingerprint density at radius 1 is 1.64 bits per heavy atom. The minimum Gasteiger partial charge on any atom is -0.480 e. The summed E-state index contributed by atoms with van der Waals surface area (Å²) in [5.74, 6) is -0.361. The highest BCUT2D eigenvalue weighted by molar-refractivity contribution is 5.80. The lowest BCUT2D eigenvalue weighted by molar-refractivity contribution is -0.144. The molecule has 1 unspecified atom stereocenters. The van der Waals surface area contributed by atoms with E-state index in [0.717, 1.165) is 6.42 Å². The van der Waals surface area contributed by atoms with Crippen molar-refractivity contribution in [1.29, 1.82) is 0 Å². The Morgan fingerprint density at radius 3 is 2.64 bits per heavy atom. The maximum absolute atomic E-state index is 10.8. The summed E-state index contributed by atoms with van der Waals surface area (Å²) in [6, 6.07) is 0. The third kappa shape index (κ3) is 0.744. The van der Waals surface area contributed by atoms with E-state index >= 15 is 0 Å². The Kier molecular flexibility index (Phi) is 1.16. The van der Waals surface area contributed by atoms with Crippen LogP contribution in [0.4, 0.5) is 0 Å². The Morgan fingerprint density at radius 2 is 2.36 bits per heavy atom. The molecule has 0 spiro atoms. The van der Waals surface area contributed by atoms with Gasteiger partial charge in [-0.1, -0.05) is 12.2 Å². The number of hydrogen-bond donors (Lipinski definition) is 2. The molecule has 2 aliphatic rings. The lowest BCUT2D eigenvalue weighted by atomic mass is 9.86. The summed E-state index contributed by atoms with van der Waals surface area (Å²) in [5.41, 5.74) is 4.78. The molecule has 1 fully saturated rings. The average molecular weight is 153 g/mol. The fourth-order valence-corrected chi connectivity index (χ4v) is 2.14. The molecular weight excluding hydrogens is 142 g/mol. The first kappa shape index (κ1) is 6.85. The molecule has 3 nitrogen and oxygen atoms in total.